The van der Waals surface area contributed by atoms with Crippen molar-refractivity contribution in [1.82, 2.24) is 0 Å². The van der Waals surface area contributed by atoms with Crippen LogP contribution in [0.2, 0.25) is 0 Å². The zero-order valence-corrected chi connectivity index (χ0v) is 14.3. The molecule has 0 aromatic heterocycles. The number of Topliss-reactive ketones (excluding diaryl/α,β-unsaturated/α-hetero) is 1. The summed E-state index contributed by atoms with van der Waals surface area (Å²) in [6.45, 7) is 3.85. The number of phenols is 1. The molecule has 0 heterocycles. The molecule has 5 nitrogen and oxygen atoms in total. The van der Waals surface area contributed by atoms with E-state index in [0.29, 0.717) is 24.8 Å². The number of carbonyl (C=O) groups is 2. The normalized spacial score (nSPS) is 33.1. The van der Waals surface area contributed by atoms with Crippen molar-refractivity contribution >= 4 is 11.7 Å². The van der Waals surface area contributed by atoms with Gasteiger partial charge in [-0.2, -0.15) is 0 Å². The Morgan fingerprint density at radius 1 is 1.33 bits per heavy atom. The van der Waals surface area contributed by atoms with Gasteiger partial charge in [0.2, 0.25) is 0 Å². The maximum Gasteiger partial charge on any atom is 0.252 e. The number of aliphatic hydroxyl groups is 1. The van der Waals surface area contributed by atoms with Crippen LogP contribution in [0.1, 0.15) is 66.9 Å². The molecule has 0 saturated heterocycles. The van der Waals surface area contributed by atoms with Crippen LogP contribution in [0.15, 0.2) is 12.1 Å². The first-order chi connectivity index (χ1) is 11.2. The fourth-order valence-corrected chi connectivity index (χ4v) is 5.04. The lowest BCUT2D eigenvalue weighted by Crippen LogP contribution is -2.61. The number of fused-ring (bicyclic) bond motifs is 1. The van der Waals surface area contributed by atoms with E-state index >= 15 is 0 Å². The van der Waals surface area contributed by atoms with E-state index in [1.807, 2.05) is 13.8 Å². The summed E-state index contributed by atoms with van der Waals surface area (Å²) in [5, 5.41) is 22.4. The smallest absolute Gasteiger partial charge is 0.252 e. The van der Waals surface area contributed by atoms with Gasteiger partial charge >= 0.3 is 0 Å². The number of carbonyl (C=O) groups excluding carboxylic acids is 2. The van der Waals surface area contributed by atoms with Gasteiger partial charge in [0.05, 0.1) is 11.2 Å². The standard InChI is InChI=1S/C19H25NO4/c1-11-5-6-14(17(20)23)16(22)15(11)18-8-3-4-12(2)19(18,24)9-7-13(21)10-18/h5-6,12,22,24H,3-4,7-10H2,1-2H3,(H2,20,23)/t12-,18+,19+/m0/s1. The summed E-state index contributed by atoms with van der Waals surface area (Å²) in [5.74, 6) is -0.767. The number of hydrogen-bond acceptors (Lipinski definition) is 4. The largest absolute Gasteiger partial charge is 0.507 e. The summed E-state index contributed by atoms with van der Waals surface area (Å²) in [7, 11) is 0. The number of primary amides is 1. The van der Waals surface area contributed by atoms with Crippen molar-refractivity contribution in [2.45, 2.75) is 63.4 Å². The Morgan fingerprint density at radius 3 is 2.71 bits per heavy atom. The van der Waals surface area contributed by atoms with E-state index in [-0.39, 0.29) is 29.4 Å². The number of amides is 1. The fourth-order valence-electron chi connectivity index (χ4n) is 5.04. The number of ketones is 1. The Balaban J connectivity index is 2.29. The van der Waals surface area contributed by atoms with E-state index in [1.54, 1.807) is 6.07 Å². The van der Waals surface area contributed by atoms with Crippen LogP contribution in [0.25, 0.3) is 0 Å². The van der Waals surface area contributed by atoms with Crippen molar-refractivity contribution in [2.75, 3.05) is 0 Å². The fraction of sp³-hybridized carbons (Fsp3) is 0.579. The summed E-state index contributed by atoms with van der Waals surface area (Å²) in [6, 6.07) is 3.24. The van der Waals surface area contributed by atoms with Crippen LogP contribution in [-0.2, 0) is 10.2 Å². The van der Waals surface area contributed by atoms with Gasteiger partial charge in [-0.05, 0) is 43.7 Å². The van der Waals surface area contributed by atoms with Crippen LogP contribution in [0.5, 0.6) is 5.75 Å². The molecular weight excluding hydrogens is 306 g/mol. The molecule has 0 spiro atoms. The minimum absolute atomic E-state index is 0.0235. The van der Waals surface area contributed by atoms with Crippen LogP contribution in [0.3, 0.4) is 0 Å². The molecule has 4 N–H and O–H groups in total. The van der Waals surface area contributed by atoms with Crippen molar-refractivity contribution < 1.29 is 19.8 Å². The lowest BCUT2D eigenvalue weighted by atomic mass is 9.50. The molecule has 130 valence electrons. The molecular formula is C19H25NO4. The Hall–Kier alpha value is -1.88. The molecule has 0 bridgehead atoms. The Morgan fingerprint density at radius 2 is 2.04 bits per heavy atom. The molecule has 1 aromatic carbocycles. The number of aryl methyl sites for hydroxylation is 1. The molecule has 0 unspecified atom stereocenters. The van der Waals surface area contributed by atoms with Gasteiger partial charge in [0.15, 0.2) is 0 Å². The first-order valence-corrected chi connectivity index (χ1v) is 8.60. The van der Waals surface area contributed by atoms with Crippen LogP contribution in [0.4, 0.5) is 0 Å². The predicted octanol–water partition coefficient (Wildman–Crippen LogP) is 2.34. The van der Waals surface area contributed by atoms with Gasteiger partial charge in [-0.25, -0.2) is 0 Å². The first-order valence-electron chi connectivity index (χ1n) is 8.60. The Kier molecular flexibility index (Phi) is 3.95. The summed E-state index contributed by atoms with van der Waals surface area (Å²) in [6.07, 6.45) is 3.34. The zero-order valence-electron chi connectivity index (χ0n) is 14.3. The number of benzene rings is 1. The predicted molar refractivity (Wildman–Crippen MR) is 89.9 cm³/mol. The molecule has 5 heteroatoms. The molecule has 2 aliphatic carbocycles. The van der Waals surface area contributed by atoms with Crippen LogP contribution in [-0.4, -0.2) is 27.5 Å². The van der Waals surface area contributed by atoms with Gasteiger partial charge in [0, 0.05) is 23.8 Å². The molecule has 2 fully saturated rings. The monoisotopic (exact) mass is 331 g/mol. The lowest BCUT2D eigenvalue weighted by Gasteiger charge is -2.57. The van der Waals surface area contributed by atoms with E-state index < -0.39 is 16.9 Å². The average molecular weight is 331 g/mol. The van der Waals surface area contributed by atoms with Crippen LogP contribution >= 0.6 is 0 Å². The minimum Gasteiger partial charge on any atom is -0.507 e. The molecule has 0 radical (unpaired) electrons. The van der Waals surface area contributed by atoms with Crippen molar-refractivity contribution in [3.8, 4) is 5.75 Å². The van der Waals surface area contributed by atoms with Gasteiger partial charge in [0.1, 0.15) is 11.5 Å². The van der Waals surface area contributed by atoms with Crippen molar-refractivity contribution in [2.24, 2.45) is 11.7 Å². The van der Waals surface area contributed by atoms with Crippen molar-refractivity contribution in [3.05, 3.63) is 28.8 Å². The number of nitrogens with two attached hydrogens (primary N) is 1. The third kappa shape index (κ3) is 2.18. The maximum absolute atomic E-state index is 12.3. The van der Waals surface area contributed by atoms with E-state index in [4.69, 9.17) is 5.73 Å². The summed E-state index contributed by atoms with van der Waals surface area (Å²) in [5.41, 5.74) is 4.83. The van der Waals surface area contributed by atoms with Crippen molar-refractivity contribution in [1.29, 1.82) is 0 Å². The van der Waals surface area contributed by atoms with E-state index in [0.717, 1.165) is 18.4 Å². The number of aromatic hydroxyl groups is 1. The molecule has 3 rings (SSSR count). The third-order valence-corrected chi connectivity index (χ3v) is 6.30. The topological polar surface area (TPSA) is 101 Å². The highest BCUT2D eigenvalue weighted by Gasteiger charge is 2.60. The first kappa shape index (κ1) is 17.0. The summed E-state index contributed by atoms with van der Waals surface area (Å²) >= 11 is 0. The van der Waals surface area contributed by atoms with Gasteiger partial charge in [0.25, 0.3) is 5.91 Å². The highest BCUT2D eigenvalue weighted by molar-refractivity contribution is 5.96. The average Bonchev–Trinajstić information content (AvgIpc) is 2.49. The summed E-state index contributed by atoms with van der Waals surface area (Å²) in [4.78, 5) is 24.0. The molecule has 0 aliphatic heterocycles. The highest BCUT2D eigenvalue weighted by Crippen LogP contribution is 2.58. The quantitative estimate of drug-likeness (QED) is 0.774. The van der Waals surface area contributed by atoms with Gasteiger partial charge < -0.3 is 15.9 Å². The molecule has 1 aromatic rings. The maximum atomic E-state index is 12.3. The number of hydrogen-bond donors (Lipinski definition) is 3. The zero-order chi connectivity index (χ0) is 17.7. The third-order valence-electron chi connectivity index (χ3n) is 6.30. The number of rotatable bonds is 2. The van der Waals surface area contributed by atoms with E-state index in [9.17, 15) is 19.8 Å². The van der Waals surface area contributed by atoms with Crippen LogP contribution in [0, 0.1) is 12.8 Å². The molecule has 2 aliphatic rings. The van der Waals surface area contributed by atoms with Gasteiger partial charge in [-0.15, -0.1) is 0 Å². The molecule has 3 atom stereocenters. The lowest BCUT2D eigenvalue weighted by molar-refractivity contribution is -0.153. The summed E-state index contributed by atoms with van der Waals surface area (Å²) < 4.78 is 0. The molecule has 24 heavy (non-hydrogen) atoms. The minimum atomic E-state index is -1.06. The van der Waals surface area contributed by atoms with Crippen LogP contribution < -0.4 is 5.73 Å². The Bertz CT molecular complexity index is 714. The Labute approximate surface area is 141 Å². The second-order valence-corrected chi connectivity index (χ2v) is 7.53. The van der Waals surface area contributed by atoms with E-state index in [1.165, 1.54) is 6.07 Å². The second-order valence-electron chi connectivity index (χ2n) is 7.53. The SMILES string of the molecule is Cc1ccc(C(N)=O)c(O)c1[C@]12CCC[C@H](C)[C@]1(O)CCC(=O)C2. The second kappa shape index (κ2) is 5.59. The highest BCUT2D eigenvalue weighted by atomic mass is 16.3. The van der Waals surface area contributed by atoms with Crippen molar-refractivity contribution in [3.63, 3.8) is 0 Å². The van der Waals surface area contributed by atoms with E-state index in [2.05, 4.69) is 0 Å². The molecule has 2 saturated carbocycles. The van der Waals surface area contributed by atoms with Gasteiger partial charge in [-0.3, -0.25) is 9.59 Å². The van der Waals surface area contributed by atoms with Gasteiger partial charge in [-0.1, -0.05) is 19.4 Å². The molecule has 1 amide bonds.